The first-order chi connectivity index (χ1) is 33.6. The number of imidazole rings is 1. The molecule has 5 nitrogen and oxygen atoms in total. The molecule has 322 valence electrons. The highest BCUT2D eigenvalue weighted by Crippen LogP contribution is 2.40. The van der Waals surface area contributed by atoms with Gasteiger partial charge in [0.25, 0.3) is 6.33 Å². The minimum absolute atomic E-state index is 0.112. The summed E-state index contributed by atoms with van der Waals surface area (Å²) in [4.78, 5) is 4.79. The number of aryl methyl sites for hydroxylation is 1. The fourth-order valence-corrected chi connectivity index (χ4v) is 8.86. The van der Waals surface area contributed by atoms with Crippen LogP contribution in [-0.4, -0.2) is 14.1 Å². The number of rotatable bonds is 8. The molecule has 10 aromatic rings. The molecule has 0 atom stereocenters. The number of fused-ring (bicyclic) bond motifs is 4. The summed E-state index contributed by atoms with van der Waals surface area (Å²) in [5, 5.41) is 2.13. The van der Waals surface area contributed by atoms with Crippen molar-refractivity contribution in [3.63, 3.8) is 0 Å². The third-order valence-corrected chi connectivity index (χ3v) is 12.4. The van der Waals surface area contributed by atoms with Gasteiger partial charge in [0, 0.05) is 24.4 Å². The lowest BCUT2D eigenvalue weighted by Gasteiger charge is -2.27. The summed E-state index contributed by atoms with van der Waals surface area (Å²) < 4.78 is 66.1. The Labute approximate surface area is 391 Å². The van der Waals surface area contributed by atoms with Gasteiger partial charge < -0.3 is 4.74 Å². The van der Waals surface area contributed by atoms with Gasteiger partial charge in [-0.2, -0.15) is 0 Å². The number of ether oxygens (including phenoxy) is 1. The summed E-state index contributed by atoms with van der Waals surface area (Å²) in [7, 11) is 0. The standard InChI is InChI=1S/C60H56N4O/c1-39(2)42-30-31-61-56(34-42)64-53-26-14-13-23-51(53)52-29-28-48(37-55(52)64)65-47-22-16-21-46(36-47)62-38-63(57-40(3)18-15-27-54(57)62)58-49(41-19-11-10-12-20-41)24-17-25-50(58)43-32-44(59(4,5)6)35-45(33-43)60(7,8)9/h10-37,39H,1-9H3/i10D,11D,12D,19D,20D,39D. The molecular formula is C60H56N4O. The van der Waals surface area contributed by atoms with Crippen molar-refractivity contribution in [1.82, 2.24) is 14.1 Å². The number of nitrogens with zero attached hydrogens (tertiary/aromatic N) is 4. The Morgan fingerprint density at radius 2 is 1.31 bits per heavy atom. The SMILES string of the molecule is [2H]c1c([2H])c([2H])c(-c2cccc(-c3cc(C(C)(C)C)cc(C(C)(C)C)c3)c2-[n+]2[c-]n(-c3cccc(Oc4ccc5c6ccccc6n(-c6cc(C([2H])(C)C)ccn6)c5c4)c3)c3cccc(C)c32)c([2H])c1[2H]. The van der Waals surface area contributed by atoms with Crippen LogP contribution in [0.1, 0.15) is 91.8 Å². The second-order valence-electron chi connectivity index (χ2n) is 19.2. The summed E-state index contributed by atoms with van der Waals surface area (Å²) in [6.07, 6.45) is 5.49. The Morgan fingerprint density at radius 1 is 0.646 bits per heavy atom. The molecule has 7 aromatic carbocycles. The van der Waals surface area contributed by atoms with Crippen molar-refractivity contribution in [3.8, 4) is 50.9 Å². The van der Waals surface area contributed by atoms with E-state index in [9.17, 15) is 2.74 Å². The van der Waals surface area contributed by atoms with E-state index in [-0.39, 0.29) is 28.5 Å². The van der Waals surface area contributed by atoms with Gasteiger partial charge in [0.2, 0.25) is 0 Å². The largest absolute Gasteiger partial charge is 0.458 e. The Kier molecular flexibility index (Phi) is 8.70. The fraction of sp³-hybridized carbons (Fsp3) is 0.200. The topological polar surface area (TPSA) is 35.9 Å². The minimum Gasteiger partial charge on any atom is -0.458 e. The maximum Gasteiger partial charge on any atom is 0.269 e. The molecular weight excluding hydrogens is 793 g/mol. The van der Waals surface area contributed by atoms with Crippen molar-refractivity contribution in [1.29, 1.82) is 0 Å². The van der Waals surface area contributed by atoms with E-state index in [1.807, 2.05) is 108 Å². The van der Waals surface area contributed by atoms with E-state index in [4.69, 9.17) is 15.2 Å². The molecule has 0 radical (unpaired) electrons. The molecule has 0 aliphatic carbocycles. The molecule has 3 aromatic heterocycles. The van der Waals surface area contributed by atoms with E-state index in [0.29, 0.717) is 22.7 Å². The first-order valence-corrected chi connectivity index (χ1v) is 22.2. The molecule has 0 bridgehead atoms. The van der Waals surface area contributed by atoms with Crippen LogP contribution in [0.2, 0.25) is 0 Å². The highest BCUT2D eigenvalue weighted by atomic mass is 16.5. The van der Waals surface area contributed by atoms with Crippen LogP contribution in [0.3, 0.4) is 0 Å². The van der Waals surface area contributed by atoms with Gasteiger partial charge in [-0.05, 0) is 117 Å². The predicted octanol–water partition coefficient (Wildman–Crippen LogP) is 15.4. The van der Waals surface area contributed by atoms with Crippen molar-refractivity contribution in [2.45, 2.75) is 79.0 Å². The zero-order valence-corrected chi connectivity index (χ0v) is 38.5. The van der Waals surface area contributed by atoms with E-state index in [2.05, 4.69) is 108 Å². The highest BCUT2D eigenvalue weighted by molar-refractivity contribution is 6.09. The van der Waals surface area contributed by atoms with Crippen LogP contribution in [-0.2, 0) is 10.8 Å². The lowest BCUT2D eigenvalue weighted by atomic mass is 9.78. The lowest BCUT2D eigenvalue weighted by Crippen LogP contribution is -2.32. The van der Waals surface area contributed by atoms with Gasteiger partial charge in [-0.1, -0.05) is 164 Å². The van der Waals surface area contributed by atoms with Crippen LogP contribution in [0.15, 0.2) is 170 Å². The number of aromatic nitrogens is 4. The van der Waals surface area contributed by atoms with Crippen molar-refractivity contribution < 1.29 is 17.5 Å². The van der Waals surface area contributed by atoms with Gasteiger partial charge >= 0.3 is 0 Å². The smallest absolute Gasteiger partial charge is 0.269 e. The normalized spacial score (nSPS) is 13.7. The first kappa shape index (κ1) is 35.2. The van der Waals surface area contributed by atoms with E-state index < -0.39 is 24.0 Å². The average molecular weight is 855 g/mol. The summed E-state index contributed by atoms with van der Waals surface area (Å²) in [5.41, 5.74) is 11.1. The van der Waals surface area contributed by atoms with E-state index in [1.54, 1.807) is 6.20 Å². The fourth-order valence-electron chi connectivity index (χ4n) is 8.86. The van der Waals surface area contributed by atoms with Crippen molar-refractivity contribution in [2.75, 3.05) is 0 Å². The third-order valence-electron chi connectivity index (χ3n) is 12.4. The quantitative estimate of drug-likeness (QED) is 0.113. The molecule has 0 N–H and O–H groups in total. The molecule has 0 aliphatic rings. The number of para-hydroxylation sites is 3. The molecule has 10 rings (SSSR count). The molecule has 5 heteroatoms. The van der Waals surface area contributed by atoms with Gasteiger partial charge in [-0.15, -0.1) is 0 Å². The van der Waals surface area contributed by atoms with Crippen LogP contribution in [0.4, 0.5) is 0 Å². The molecule has 3 heterocycles. The van der Waals surface area contributed by atoms with Crippen LogP contribution < -0.4 is 9.30 Å². The summed E-state index contributed by atoms with van der Waals surface area (Å²) in [6, 6.07) is 42.9. The lowest BCUT2D eigenvalue weighted by molar-refractivity contribution is -0.571. The number of pyridine rings is 1. The maximum absolute atomic E-state index is 9.24. The number of hydrogen-bond donors (Lipinski definition) is 0. The zero-order chi connectivity index (χ0) is 50.5. The summed E-state index contributed by atoms with van der Waals surface area (Å²) >= 11 is 0. The van der Waals surface area contributed by atoms with Gasteiger partial charge in [0.1, 0.15) is 17.3 Å². The number of hydrogen-bond acceptors (Lipinski definition) is 2. The maximum atomic E-state index is 9.24. The summed E-state index contributed by atoms with van der Waals surface area (Å²) in [5.74, 6) is 1.15. The Hall–Kier alpha value is -7.24. The van der Waals surface area contributed by atoms with Crippen LogP contribution >= 0.6 is 0 Å². The summed E-state index contributed by atoms with van der Waals surface area (Å²) in [6.45, 7) is 19.0. The van der Waals surface area contributed by atoms with E-state index >= 15 is 0 Å². The van der Waals surface area contributed by atoms with E-state index in [1.165, 1.54) is 0 Å². The van der Waals surface area contributed by atoms with Gasteiger partial charge in [0.15, 0.2) is 0 Å². The molecule has 0 unspecified atom stereocenters. The average Bonchev–Trinajstić information content (AvgIpc) is 3.89. The molecule has 0 spiro atoms. The Bertz CT molecular complexity index is 3710. The van der Waals surface area contributed by atoms with Gasteiger partial charge in [0.05, 0.1) is 40.3 Å². The van der Waals surface area contributed by atoms with E-state index in [0.717, 1.165) is 77.7 Å². The second kappa shape index (κ2) is 16.1. The third kappa shape index (κ3) is 7.69. The molecule has 0 saturated carbocycles. The van der Waals surface area contributed by atoms with Crippen molar-refractivity contribution in [3.05, 3.63) is 198 Å². The molecule has 0 aliphatic heterocycles. The Morgan fingerprint density at radius 3 is 2.05 bits per heavy atom. The van der Waals surface area contributed by atoms with Crippen molar-refractivity contribution in [2.24, 2.45) is 0 Å². The molecule has 0 fully saturated rings. The van der Waals surface area contributed by atoms with Crippen LogP contribution in [0, 0.1) is 13.3 Å². The predicted molar refractivity (Wildman–Crippen MR) is 269 cm³/mol. The van der Waals surface area contributed by atoms with Crippen molar-refractivity contribution >= 4 is 32.8 Å². The second-order valence-corrected chi connectivity index (χ2v) is 19.2. The molecule has 0 amide bonds. The Balaban J connectivity index is 1.16. The minimum atomic E-state index is -0.805. The first-order valence-electron chi connectivity index (χ1n) is 25.2. The molecule has 65 heavy (non-hydrogen) atoms. The van der Waals surface area contributed by atoms with Crippen LogP contribution in [0.5, 0.6) is 11.5 Å². The van der Waals surface area contributed by atoms with Crippen LogP contribution in [0.25, 0.3) is 72.3 Å². The van der Waals surface area contributed by atoms with Gasteiger partial charge in [-0.25, -0.2) is 4.98 Å². The monoisotopic (exact) mass is 854 g/mol. The van der Waals surface area contributed by atoms with Gasteiger partial charge in [-0.3, -0.25) is 13.7 Å². The highest BCUT2D eigenvalue weighted by Gasteiger charge is 2.25. The number of benzene rings is 7. The molecule has 0 saturated heterocycles. The zero-order valence-electron chi connectivity index (χ0n) is 44.5.